The lowest BCUT2D eigenvalue weighted by atomic mass is 9.90. The summed E-state index contributed by atoms with van der Waals surface area (Å²) in [5.41, 5.74) is 0. The quantitative estimate of drug-likeness (QED) is 0.696. The van der Waals surface area contributed by atoms with Crippen LogP contribution in [0.3, 0.4) is 0 Å². The lowest BCUT2D eigenvalue weighted by Gasteiger charge is -2.28. The fourth-order valence-corrected chi connectivity index (χ4v) is 1.88. The molecular formula is C12H27NO. The zero-order valence-electron chi connectivity index (χ0n) is 10.7. The summed E-state index contributed by atoms with van der Waals surface area (Å²) in [6.45, 7) is 13.8. The van der Waals surface area contributed by atoms with E-state index in [1.54, 1.807) is 0 Å². The van der Waals surface area contributed by atoms with Crippen LogP contribution in [-0.4, -0.2) is 37.7 Å². The molecular weight excluding hydrogens is 174 g/mol. The molecule has 1 aliphatic rings. The van der Waals surface area contributed by atoms with E-state index in [2.05, 4.69) is 32.7 Å². The average Bonchev–Trinajstić information content (AvgIpc) is 2.68. The van der Waals surface area contributed by atoms with Gasteiger partial charge in [-0.2, -0.15) is 0 Å². The Balaban J connectivity index is 0.000000791. The van der Waals surface area contributed by atoms with E-state index in [-0.39, 0.29) is 0 Å². The molecule has 14 heavy (non-hydrogen) atoms. The number of hydrogen-bond donors (Lipinski definition) is 0. The summed E-state index contributed by atoms with van der Waals surface area (Å²) >= 11 is 0. The molecule has 1 heterocycles. The van der Waals surface area contributed by atoms with Gasteiger partial charge in [0.15, 0.2) is 0 Å². The van der Waals surface area contributed by atoms with Crippen molar-refractivity contribution in [1.29, 1.82) is 0 Å². The normalized spacial score (nSPS) is 26.6. The molecule has 1 fully saturated rings. The second-order valence-corrected chi connectivity index (χ2v) is 4.09. The highest BCUT2D eigenvalue weighted by molar-refractivity contribution is 4.83. The van der Waals surface area contributed by atoms with Gasteiger partial charge in [0.25, 0.3) is 0 Å². The van der Waals surface area contributed by atoms with Crippen molar-refractivity contribution >= 4 is 0 Å². The maximum absolute atomic E-state index is 5.51. The Morgan fingerprint density at radius 2 is 1.86 bits per heavy atom. The Morgan fingerprint density at radius 3 is 2.29 bits per heavy atom. The van der Waals surface area contributed by atoms with Gasteiger partial charge in [-0.05, 0) is 19.5 Å². The largest absolute Gasteiger partial charge is 0.379 e. The maximum Gasteiger partial charge on any atom is 0.0625 e. The van der Waals surface area contributed by atoms with E-state index in [1.165, 1.54) is 0 Å². The molecule has 0 unspecified atom stereocenters. The molecule has 0 radical (unpaired) electrons. The van der Waals surface area contributed by atoms with Crippen molar-refractivity contribution in [3.8, 4) is 0 Å². The molecule has 0 amide bonds. The molecule has 1 aliphatic heterocycles. The second kappa shape index (κ2) is 7.24. The number of rotatable bonds is 3. The third-order valence-corrected chi connectivity index (χ3v) is 3.01. The minimum absolute atomic E-state index is 0.648. The fourth-order valence-electron chi connectivity index (χ4n) is 1.88. The number of hydrogen-bond acceptors (Lipinski definition) is 2. The topological polar surface area (TPSA) is 12.5 Å². The average molecular weight is 201 g/mol. The van der Waals surface area contributed by atoms with Gasteiger partial charge in [0.05, 0.1) is 13.2 Å². The Hall–Kier alpha value is -0.0800. The smallest absolute Gasteiger partial charge is 0.0625 e. The van der Waals surface area contributed by atoms with Crippen molar-refractivity contribution in [2.45, 2.75) is 40.7 Å². The molecule has 0 aromatic rings. The van der Waals surface area contributed by atoms with E-state index in [0.29, 0.717) is 6.04 Å². The van der Waals surface area contributed by atoms with Gasteiger partial charge in [0.1, 0.15) is 0 Å². The summed E-state index contributed by atoms with van der Waals surface area (Å²) in [6, 6.07) is 0.648. The van der Waals surface area contributed by atoms with Crippen molar-refractivity contribution in [3.63, 3.8) is 0 Å². The molecule has 0 aromatic carbocycles. The first kappa shape index (κ1) is 13.9. The van der Waals surface area contributed by atoms with Crippen molar-refractivity contribution in [1.82, 2.24) is 4.90 Å². The van der Waals surface area contributed by atoms with Crippen molar-refractivity contribution in [3.05, 3.63) is 0 Å². The highest BCUT2D eigenvalue weighted by Gasteiger charge is 2.32. The molecule has 1 rings (SSSR count). The molecule has 0 saturated carbocycles. The maximum atomic E-state index is 5.51. The van der Waals surface area contributed by atoms with E-state index >= 15 is 0 Å². The van der Waals surface area contributed by atoms with Gasteiger partial charge < -0.3 is 9.64 Å². The zero-order valence-corrected chi connectivity index (χ0v) is 10.7. The van der Waals surface area contributed by atoms with E-state index in [1.807, 2.05) is 13.8 Å². The lowest BCUT2D eigenvalue weighted by molar-refractivity contribution is 0.162. The van der Waals surface area contributed by atoms with Gasteiger partial charge in [-0.1, -0.05) is 34.6 Å². The zero-order chi connectivity index (χ0) is 11.1. The Bertz CT molecular complexity index is 136. The first-order valence-electron chi connectivity index (χ1n) is 5.94. The Morgan fingerprint density at radius 1 is 1.29 bits per heavy atom. The van der Waals surface area contributed by atoms with Crippen molar-refractivity contribution < 1.29 is 4.74 Å². The fraction of sp³-hybridized carbons (Fsp3) is 1.00. The van der Waals surface area contributed by atoms with Crippen LogP contribution in [0.2, 0.25) is 0 Å². The second-order valence-electron chi connectivity index (χ2n) is 4.09. The monoisotopic (exact) mass is 201 g/mol. The third-order valence-electron chi connectivity index (χ3n) is 3.01. The molecule has 86 valence electrons. The highest BCUT2D eigenvalue weighted by atomic mass is 16.5. The number of ether oxygens (including phenoxy) is 1. The molecule has 0 aromatic heterocycles. The lowest BCUT2D eigenvalue weighted by Crippen LogP contribution is -2.39. The third kappa shape index (κ3) is 3.58. The summed E-state index contributed by atoms with van der Waals surface area (Å²) in [7, 11) is 2.19. The molecule has 0 aliphatic carbocycles. The van der Waals surface area contributed by atoms with Crippen molar-refractivity contribution in [2.75, 3.05) is 26.8 Å². The summed E-state index contributed by atoms with van der Waals surface area (Å²) < 4.78 is 5.51. The van der Waals surface area contributed by atoms with Crippen LogP contribution in [0.1, 0.15) is 34.6 Å². The number of likely N-dealkylation sites (N-methyl/N-ethyl adjacent to an activating group) is 1. The Kier molecular flexibility index (Phi) is 7.20. The predicted octanol–water partition coefficient (Wildman–Crippen LogP) is 2.64. The van der Waals surface area contributed by atoms with Gasteiger partial charge in [0, 0.05) is 12.0 Å². The van der Waals surface area contributed by atoms with Crippen LogP contribution in [0.15, 0.2) is 0 Å². The van der Waals surface area contributed by atoms with Crippen LogP contribution < -0.4 is 0 Å². The van der Waals surface area contributed by atoms with E-state index in [0.717, 1.165) is 31.6 Å². The first-order valence-corrected chi connectivity index (χ1v) is 5.94. The standard InChI is InChI=1S/C10H21NO.C2H6/c1-5-11(4)10-7-12-6-9(10)8(2)3;1-2/h8-10H,5-7H2,1-4H3;1-2H3/t9-,10+;/m0./s1. The summed E-state index contributed by atoms with van der Waals surface area (Å²) in [5.74, 6) is 1.47. The van der Waals surface area contributed by atoms with Crippen LogP contribution in [-0.2, 0) is 4.74 Å². The van der Waals surface area contributed by atoms with Gasteiger partial charge in [-0.15, -0.1) is 0 Å². The van der Waals surface area contributed by atoms with E-state index in [4.69, 9.17) is 4.74 Å². The summed E-state index contributed by atoms with van der Waals surface area (Å²) in [4.78, 5) is 2.40. The summed E-state index contributed by atoms with van der Waals surface area (Å²) in [5, 5.41) is 0. The van der Waals surface area contributed by atoms with Crippen LogP contribution in [0.4, 0.5) is 0 Å². The SMILES string of the molecule is CC.CCN(C)[C@@H]1COC[C@H]1C(C)C. The molecule has 0 spiro atoms. The molecule has 0 bridgehead atoms. The van der Waals surface area contributed by atoms with Gasteiger partial charge in [-0.25, -0.2) is 0 Å². The van der Waals surface area contributed by atoms with Gasteiger partial charge >= 0.3 is 0 Å². The van der Waals surface area contributed by atoms with E-state index < -0.39 is 0 Å². The Labute approximate surface area is 89.6 Å². The molecule has 1 saturated heterocycles. The van der Waals surface area contributed by atoms with E-state index in [9.17, 15) is 0 Å². The highest BCUT2D eigenvalue weighted by Crippen LogP contribution is 2.25. The number of nitrogens with zero attached hydrogens (tertiary/aromatic N) is 1. The summed E-state index contributed by atoms with van der Waals surface area (Å²) in [6.07, 6.45) is 0. The van der Waals surface area contributed by atoms with Crippen molar-refractivity contribution in [2.24, 2.45) is 11.8 Å². The molecule has 2 heteroatoms. The van der Waals surface area contributed by atoms with Gasteiger partial charge in [0.2, 0.25) is 0 Å². The van der Waals surface area contributed by atoms with Crippen LogP contribution in [0, 0.1) is 11.8 Å². The molecule has 2 atom stereocenters. The van der Waals surface area contributed by atoms with Crippen LogP contribution in [0.25, 0.3) is 0 Å². The van der Waals surface area contributed by atoms with Crippen LogP contribution in [0.5, 0.6) is 0 Å². The van der Waals surface area contributed by atoms with Gasteiger partial charge in [-0.3, -0.25) is 0 Å². The molecule has 2 nitrogen and oxygen atoms in total. The minimum Gasteiger partial charge on any atom is -0.379 e. The minimum atomic E-state index is 0.648. The first-order chi connectivity index (χ1) is 6.66. The predicted molar refractivity (Wildman–Crippen MR) is 62.6 cm³/mol. The van der Waals surface area contributed by atoms with Crippen LogP contribution >= 0.6 is 0 Å². The molecule has 0 N–H and O–H groups in total.